The number of nitrogens with one attached hydrogen (secondary N) is 1. The van der Waals surface area contributed by atoms with Crippen molar-refractivity contribution in [3.8, 4) is 5.75 Å². The van der Waals surface area contributed by atoms with Crippen molar-refractivity contribution in [2.24, 2.45) is 0 Å². The molecule has 4 rings (SSSR count). The van der Waals surface area contributed by atoms with Crippen LogP contribution in [-0.2, 0) is 17.8 Å². The van der Waals surface area contributed by atoms with Crippen molar-refractivity contribution < 1.29 is 19.1 Å². The summed E-state index contributed by atoms with van der Waals surface area (Å²) in [6.45, 7) is 1.85. The highest BCUT2D eigenvalue weighted by Gasteiger charge is 2.35. The molecule has 152 valence electrons. The predicted octanol–water partition coefficient (Wildman–Crippen LogP) is 2.91. The second-order valence-electron chi connectivity index (χ2n) is 6.54. The monoisotopic (exact) mass is 422 g/mol. The number of imide groups is 1. The van der Waals surface area contributed by atoms with E-state index in [0.29, 0.717) is 21.9 Å². The average molecular weight is 422 g/mol. The quantitative estimate of drug-likeness (QED) is 0.588. The van der Waals surface area contributed by atoms with Gasteiger partial charge in [0.1, 0.15) is 10.8 Å². The SMILES string of the molecule is CCc1ccccc1OCC(=O)Nc1nnc(CN2C(=O)c3ccccc3C2=O)s1. The number of benzene rings is 2. The average Bonchev–Trinajstić information content (AvgIpc) is 3.30. The largest absolute Gasteiger partial charge is 0.483 e. The molecule has 2 aromatic carbocycles. The zero-order chi connectivity index (χ0) is 21.1. The topological polar surface area (TPSA) is 101 Å². The number of amides is 3. The molecule has 0 spiro atoms. The summed E-state index contributed by atoms with van der Waals surface area (Å²) in [6, 6.07) is 14.2. The third-order valence-corrected chi connectivity index (χ3v) is 5.42. The summed E-state index contributed by atoms with van der Waals surface area (Å²) in [7, 11) is 0. The first kappa shape index (κ1) is 19.7. The number of rotatable bonds is 7. The number of nitrogens with zero attached hydrogens (tertiary/aromatic N) is 3. The van der Waals surface area contributed by atoms with E-state index in [0.717, 1.165) is 28.2 Å². The number of hydrogen-bond donors (Lipinski definition) is 1. The Bertz CT molecular complexity index is 1090. The standard InChI is InChI=1S/C21H18N4O4S/c1-2-13-7-3-6-10-16(13)29-12-17(26)22-21-24-23-18(30-21)11-25-19(27)14-8-4-5-9-15(14)20(25)28/h3-10H,2,11-12H2,1H3,(H,22,24,26). The molecule has 0 aliphatic carbocycles. The number of ether oxygens (including phenoxy) is 1. The van der Waals surface area contributed by atoms with Crippen LogP contribution in [0.4, 0.5) is 5.13 Å². The van der Waals surface area contributed by atoms with Gasteiger partial charge in [-0.25, -0.2) is 0 Å². The number of carbonyl (C=O) groups is 3. The highest BCUT2D eigenvalue weighted by Crippen LogP contribution is 2.26. The van der Waals surface area contributed by atoms with E-state index in [-0.39, 0.29) is 36.0 Å². The minimum absolute atomic E-state index is 0.000257. The lowest BCUT2D eigenvalue weighted by Gasteiger charge is -2.10. The van der Waals surface area contributed by atoms with Crippen molar-refractivity contribution in [1.29, 1.82) is 0 Å². The second kappa shape index (κ2) is 8.42. The molecular weight excluding hydrogens is 404 g/mol. The lowest BCUT2D eigenvalue weighted by molar-refractivity contribution is -0.118. The van der Waals surface area contributed by atoms with Crippen LogP contribution in [0.25, 0.3) is 0 Å². The fourth-order valence-electron chi connectivity index (χ4n) is 3.12. The molecule has 1 aliphatic heterocycles. The van der Waals surface area contributed by atoms with Crippen molar-refractivity contribution in [3.63, 3.8) is 0 Å². The van der Waals surface area contributed by atoms with Crippen LogP contribution in [0.5, 0.6) is 5.75 Å². The predicted molar refractivity (Wildman–Crippen MR) is 110 cm³/mol. The minimum atomic E-state index is -0.371. The maximum atomic E-state index is 12.4. The van der Waals surface area contributed by atoms with Crippen LogP contribution in [0.1, 0.15) is 38.2 Å². The molecule has 9 heteroatoms. The van der Waals surface area contributed by atoms with Crippen LogP contribution >= 0.6 is 11.3 Å². The van der Waals surface area contributed by atoms with E-state index < -0.39 is 0 Å². The number of aromatic nitrogens is 2. The zero-order valence-electron chi connectivity index (χ0n) is 16.1. The van der Waals surface area contributed by atoms with E-state index in [2.05, 4.69) is 15.5 Å². The summed E-state index contributed by atoms with van der Waals surface area (Å²) in [4.78, 5) is 38.2. The molecule has 0 radical (unpaired) electrons. The molecule has 2 heterocycles. The van der Waals surface area contributed by atoms with Gasteiger partial charge in [0.15, 0.2) is 6.61 Å². The number of carbonyl (C=O) groups excluding carboxylic acids is 3. The van der Waals surface area contributed by atoms with Crippen molar-refractivity contribution in [2.75, 3.05) is 11.9 Å². The van der Waals surface area contributed by atoms with Crippen LogP contribution in [0.15, 0.2) is 48.5 Å². The number of fused-ring (bicyclic) bond motifs is 1. The molecule has 3 amide bonds. The molecule has 0 bridgehead atoms. The molecule has 8 nitrogen and oxygen atoms in total. The van der Waals surface area contributed by atoms with Gasteiger partial charge in [-0.2, -0.15) is 0 Å². The van der Waals surface area contributed by atoms with Gasteiger partial charge in [0.2, 0.25) is 5.13 Å². The van der Waals surface area contributed by atoms with Crippen LogP contribution in [0.2, 0.25) is 0 Å². The van der Waals surface area contributed by atoms with Gasteiger partial charge in [-0.05, 0) is 30.2 Å². The third-order valence-electron chi connectivity index (χ3n) is 4.60. The van der Waals surface area contributed by atoms with Gasteiger partial charge in [0.25, 0.3) is 17.7 Å². The maximum absolute atomic E-state index is 12.4. The van der Waals surface area contributed by atoms with E-state index in [9.17, 15) is 14.4 Å². The van der Waals surface area contributed by atoms with E-state index >= 15 is 0 Å². The Morgan fingerprint density at radius 2 is 1.70 bits per heavy atom. The Morgan fingerprint density at radius 1 is 1.03 bits per heavy atom. The van der Waals surface area contributed by atoms with Gasteiger partial charge >= 0.3 is 0 Å². The molecule has 1 aliphatic rings. The first-order chi connectivity index (χ1) is 14.6. The van der Waals surface area contributed by atoms with Crippen LogP contribution in [0, 0.1) is 0 Å². The highest BCUT2D eigenvalue weighted by atomic mass is 32.1. The first-order valence-corrected chi connectivity index (χ1v) is 10.2. The summed E-state index contributed by atoms with van der Waals surface area (Å²) in [5.74, 6) is -0.429. The summed E-state index contributed by atoms with van der Waals surface area (Å²) >= 11 is 1.10. The maximum Gasteiger partial charge on any atom is 0.264 e. The van der Waals surface area contributed by atoms with Gasteiger partial charge in [-0.1, -0.05) is 48.6 Å². The molecule has 0 atom stereocenters. The molecule has 1 aromatic heterocycles. The zero-order valence-corrected chi connectivity index (χ0v) is 16.9. The van der Waals surface area contributed by atoms with Gasteiger partial charge in [-0.3, -0.25) is 24.6 Å². The summed E-state index contributed by atoms with van der Waals surface area (Å²) in [5, 5.41) is 11.2. The lowest BCUT2D eigenvalue weighted by atomic mass is 10.1. The Labute approximate surface area is 176 Å². The van der Waals surface area contributed by atoms with Gasteiger partial charge in [-0.15, -0.1) is 10.2 Å². The van der Waals surface area contributed by atoms with Crippen LogP contribution < -0.4 is 10.1 Å². The van der Waals surface area contributed by atoms with Crippen molar-refractivity contribution in [1.82, 2.24) is 15.1 Å². The molecule has 0 saturated heterocycles. The van der Waals surface area contributed by atoms with Gasteiger partial charge in [0, 0.05) is 0 Å². The van der Waals surface area contributed by atoms with E-state index in [4.69, 9.17) is 4.74 Å². The molecule has 3 aromatic rings. The third kappa shape index (κ3) is 3.92. The summed E-state index contributed by atoms with van der Waals surface area (Å²) in [6.07, 6.45) is 0.801. The van der Waals surface area contributed by atoms with E-state index in [1.54, 1.807) is 24.3 Å². The normalized spacial score (nSPS) is 12.8. The molecule has 0 saturated carbocycles. The molecule has 0 fully saturated rings. The Morgan fingerprint density at radius 3 is 2.40 bits per heavy atom. The Kier molecular flexibility index (Phi) is 5.53. The molecular formula is C21H18N4O4S. The molecule has 1 N–H and O–H groups in total. The van der Waals surface area contributed by atoms with Gasteiger partial charge < -0.3 is 4.74 Å². The fraction of sp³-hybridized carbons (Fsp3) is 0.190. The number of para-hydroxylation sites is 1. The fourth-order valence-corrected chi connectivity index (χ4v) is 3.87. The minimum Gasteiger partial charge on any atom is -0.483 e. The number of hydrogen-bond acceptors (Lipinski definition) is 7. The summed E-state index contributed by atoms with van der Waals surface area (Å²) < 4.78 is 5.59. The number of anilines is 1. The van der Waals surface area contributed by atoms with Crippen molar-refractivity contribution >= 4 is 34.2 Å². The van der Waals surface area contributed by atoms with Crippen molar-refractivity contribution in [3.05, 3.63) is 70.2 Å². The van der Waals surface area contributed by atoms with E-state index in [1.807, 2.05) is 31.2 Å². The lowest BCUT2D eigenvalue weighted by Crippen LogP contribution is -2.29. The number of aryl methyl sites for hydroxylation is 1. The van der Waals surface area contributed by atoms with Crippen LogP contribution in [-0.4, -0.2) is 39.4 Å². The Balaban J connectivity index is 1.35. The molecule has 30 heavy (non-hydrogen) atoms. The molecule has 0 unspecified atom stereocenters. The van der Waals surface area contributed by atoms with E-state index in [1.165, 1.54) is 0 Å². The highest BCUT2D eigenvalue weighted by molar-refractivity contribution is 7.15. The smallest absolute Gasteiger partial charge is 0.264 e. The Hall–Kier alpha value is -3.59. The first-order valence-electron chi connectivity index (χ1n) is 9.35. The second-order valence-corrected chi connectivity index (χ2v) is 7.60. The van der Waals surface area contributed by atoms with Gasteiger partial charge in [0.05, 0.1) is 17.7 Å². The van der Waals surface area contributed by atoms with Crippen LogP contribution in [0.3, 0.4) is 0 Å². The van der Waals surface area contributed by atoms with Crippen molar-refractivity contribution in [2.45, 2.75) is 19.9 Å². The summed E-state index contributed by atoms with van der Waals surface area (Å²) in [5.41, 5.74) is 1.78.